The summed E-state index contributed by atoms with van der Waals surface area (Å²) in [5, 5.41) is 4.52. The Morgan fingerprint density at radius 3 is 2.52 bits per heavy atom. The van der Waals surface area contributed by atoms with E-state index >= 15 is 0 Å². The number of amides is 2. The van der Waals surface area contributed by atoms with E-state index in [-0.39, 0.29) is 17.4 Å². The number of hydrogen-bond donors (Lipinski definition) is 1. The van der Waals surface area contributed by atoms with Crippen LogP contribution in [0.3, 0.4) is 0 Å². The van der Waals surface area contributed by atoms with Gasteiger partial charge in [0.25, 0.3) is 5.91 Å². The highest BCUT2D eigenvalue weighted by molar-refractivity contribution is 8.16. The molecule has 1 saturated heterocycles. The maximum Gasteiger partial charge on any atom is 0.264 e. The zero-order valence-corrected chi connectivity index (χ0v) is 16.2. The van der Waals surface area contributed by atoms with Crippen LogP contribution in [-0.2, 0) is 9.59 Å². The minimum atomic E-state index is -0.432. The van der Waals surface area contributed by atoms with Crippen LogP contribution in [0.1, 0.15) is 65.2 Å². The maximum absolute atomic E-state index is 12.6. The quantitative estimate of drug-likeness (QED) is 0.837. The van der Waals surface area contributed by atoms with Crippen LogP contribution in [0.25, 0.3) is 0 Å². The Balaban J connectivity index is 1.34. The number of rotatable bonds is 3. The number of nitrogens with zero attached hydrogens (tertiary/aromatic N) is 2. The molecule has 3 fully saturated rings. The van der Waals surface area contributed by atoms with Crippen LogP contribution in [0, 0.1) is 11.8 Å². The molecule has 25 heavy (non-hydrogen) atoms. The molecular weight excluding hydrogens is 334 g/mol. The minimum Gasteiger partial charge on any atom is -0.359 e. The Kier molecular flexibility index (Phi) is 4.37. The first kappa shape index (κ1) is 17.4. The van der Waals surface area contributed by atoms with Crippen molar-refractivity contribution in [2.45, 2.75) is 75.5 Å². The molecule has 1 atom stereocenters. The van der Waals surface area contributed by atoms with E-state index in [9.17, 15) is 9.59 Å². The molecule has 2 heterocycles. The van der Waals surface area contributed by atoms with Crippen molar-refractivity contribution in [1.29, 1.82) is 0 Å². The number of aliphatic imine (C=N–C) groups is 1. The van der Waals surface area contributed by atoms with Gasteiger partial charge < -0.3 is 10.2 Å². The van der Waals surface area contributed by atoms with Gasteiger partial charge in [-0.25, -0.2) is 0 Å². The first-order chi connectivity index (χ1) is 11.9. The molecule has 0 aromatic rings. The number of amidine groups is 1. The lowest BCUT2D eigenvalue weighted by molar-refractivity contribution is -0.130. The average molecular weight is 364 g/mol. The number of hydrogen-bond acceptors (Lipinski definition) is 4. The third-order valence-corrected chi connectivity index (χ3v) is 8.01. The summed E-state index contributed by atoms with van der Waals surface area (Å²) in [6, 6.07) is 0. The van der Waals surface area contributed by atoms with Crippen LogP contribution in [0.15, 0.2) is 4.99 Å². The summed E-state index contributed by atoms with van der Waals surface area (Å²) in [5.74, 6) is 1.58. The number of likely N-dealkylation sites (tertiary alicyclic amines) is 1. The Hall–Kier alpha value is -1.04. The molecule has 6 heteroatoms. The number of nitrogens with one attached hydrogen (secondary N) is 1. The van der Waals surface area contributed by atoms with E-state index < -0.39 is 4.75 Å². The second-order valence-corrected chi connectivity index (χ2v) is 10.3. The van der Waals surface area contributed by atoms with Crippen LogP contribution >= 0.6 is 11.8 Å². The summed E-state index contributed by atoms with van der Waals surface area (Å²) in [7, 11) is 0. The second-order valence-electron chi connectivity index (χ2n) is 8.76. The van der Waals surface area contributed by atoms with Crippen LogP contribution in [-0.4, -0.2) is 45.3 Å². The van der Waals surface area contributed by atoms with Crippen molar-refractivity contribution in [3.05, 3.63) is 0 Å². The average Bonchev–Trinajstić information content (AvgIpc) is 3.22. The number of thioether (sulfide) groups is 1. The number of carbonyl (C=O) groups excluding carboxylic acids is 2. The molecular formula is C19H29N3O2S. The van der Waals surface area contributed by atoms with Gasteiger partial charge in [-0.15, -0.1) is 0 Å². The van der Waals surface area contributed by atoms with Gasteiger partial charge in [-0.3, -0.25) is 9.59 Å². The van der Waals surface area contributed by atoms with Crippen LogP contribution in [0.5, 0.6) is 0 Å². The zero-order valence-electron chi connectivity index (χ0n) is 15.3. The SMILES string of the molecule is CC(=O)N1CCC(CC2(C)SC(NC34CCC(CC3)C4)=NC2=O)CC1. The highest BCUT2D eigenvalue weighted by Gasteiger charge is 2.49. The summed E-state index contributed by atoms with van der Waals surface area (Å²) in [6.07, 6.45) is 9.22. The summed E-state index contributed by atoms with van der Waals surface area (Å²) in [6.45, 7) is 5.34. The fourth-order valence-electron chi connectivity index (χ4n) is 5.27. The molecule has 2 aliphatic heterocycles. The van der Waals surface area contributed by atoms with Crippen LogP contribution < -0.4 is 5.32 Å². The van der Waals surface area contributed by atoms with E-state index in [0.29, 0.717) is 5.92 Å². The molecule has 138 valence electrons. The Labute approximate surface area is 154 Å². The number of carbonyl (C=O) groups is 2. The van der Waals surface area contributed by atoms with Gasteiger partial charge in [-0.05, 0) is 70.1 Å². The molecule has 1 unspecified atom stereocenters. The summed E-state index contributed by atoms with van der Waals surface area (Å²) in [4.78, 5) is 30.4. The van der Waals surface area contributed by atoms with Crippen molar-refractivity contribution in [2.75, 3.05) is 13.1 Å². The molecule has 2 bridgehead atoms. The smallest absolute Gasteiger partial charge is 0.264 e. The lowest BCUT2D eigenvalue weighted by Gasteiger charge is -2.34. The van der Waals surface area contributed by atoms with Gasteiger partial charge in [0, 0.05) is 25.6 Å². The van der Waals surface area contributed by atoms with Gasteiger partial charge in [0.1, 0.15) is 4.75 Å². The van der Waals surface area contributed by atoms with Gasteiger partial charge in [0.2, 0.25) is 5.91 Å². The van der Waals surface area contributed by atoms with E-state index in [1.807, 2.05) is 4.90 Å². The van der Waals surface area contributed by atoms with E-state index in [1.54, 1.807) is 18.7 Å². The zero-order chi connectivity index (χ0) is 17.7. The van der Waals surface area contributed by atoms with Crippen molar-refractivity contribution in [3.63, 3.8) is 0 Å². The van der Waals surface area contributed by atoms with E-state index in [0.717, 1.165) is 43.4 Å². The second kappa shape index (κ2) is 6.29. The third-order valence-electron chi connectivity index (χ3n) is 6.83. The van der Waals surface area contributed by atoms with Crippen LogP contribution in [0.4, 0.5) is 0 Å². The molecule has 1 N–H and O–H groups in total. The maximum atomic E-state index is 12.6. The molecule has 4 rings (SSSR count). The molecule has 4 aliphatic rings. The topological polar surface area (TPSA) is 61.8 Å². The largest absolute Gasteiger partial charge is 0.359 e. The molecule has 0 aromatic carbocycles. The number of piperidine rings is 1. The number of fused-ring (bicyclic) bond motifs is 2. The molecule has 0 radical (unpaired) electrons. The molecule has 2 aliphatic carbocycles. The molecule has 0 aromatic heterocycles. The first-order valence-corrected chi connectivity index (χ1v) is 10.5. The normalized spacial score (nSPS) is 38.3. The van der Waals surface area contributed by atoms with E-state index in [4.69, 9.17) is 0 Å². The first-order valence-electron chi connectivity index (χ1n) is 9.73. The van der Waals surface area contributed by atoms with Crippen molar-refractivity contribution in [2.24, 2.45) is 16.8 Å². The van der Waals surface area contributed by atoms with Crippen molar-refractivity contribution >= 4 is 28.7 Å². The monoisotopic (exact) mass is 363 g/mol. The standard InChI is InChI=1S/C19H29N3O2S/c1-13(23)22-9-5-15(6-10-22)11-18(2)16(24)20-17(25-18)21-19-7-3-14(12-19)4-8-19/h14-15H,3-12H2,1-2H3,(H,20,21,24). The van der Waals surface area contributed by atoms with Crippen molar-refractivity contribution in [3.8, 4) is 0 Å². The molecule has 5 nitrogen and oxygen atoms in total. The van der Waals surface area contributed by atoms with Gasteiger partial charge in [-0.1, -0.05) is 11.8 Å². The van der Waals surface area contributed by atoms with Gasteiger partial charge >= 0.3 is 0 Å². The molecule has 0 spiro atoms. The highest BCUT2D eigenvalue weighted by Crippen LogP contribution is 2.49. The Morgan fingerprint density at radius 2 is 1.96 bits per heavy atom. The Morgan fingerprint density at radius 1 is 1.28 bits per heavy atom. The third kappa shape index (κ3) is 3.34. The predicted molar refractivity (Wildman–Crippen MR) is 100 cm³/mol. The fraction of sp³-hybridized carbons (Fsp3) is 0.842. The Bertz CT molecular complexity index is 604. The highest BCUT2D eigenvalue weighted by atomic mass is 32.2. The van der Waals surface area contributed by atoms with E-state index in [1.165, 1.54) is 32.1 Å². The van der Waals surface area contributed by atoms with Crippen molar-refractivity contribution in [1.82, 2.24) is 10.2 Å². The lowest BCUT2D eigenvalue weighted by atomic mass is 9.87. The summed E-state index contributed by atoms with van der Waals surface area (Å²) >= 11 is 1.65. The molecule has 2 amide bonds. The fourth-order valence-corrected chi connectivity index (χ4v) is 6.54. The predicted octanol–water partition coefficient (Wildman–Crippen LogP) is 2.95. The van der Waals surface area contributed by atoms with Crippen molar-refractivity contribution < 1.29 is 9.59 Å². The molecule has 2 saturated carbocycles. The summed E-state index contributed by atoms with van der Waals surface area (Å²) < 4.78 is -0.432. The minimum absolute atomic E-state index is 0.0259. The lowest BCUT2D eigenvalue weighted by Crippen LogP contribution is -2.44. The van der Waals surface area contributed by atoms with Gasteiger partial charge in [0.05, 0.1) is 0 Å². The van der Waals surface area contributed by atoms with Gasteiger partial charge in [-0.2, -0.15) is 4.99 Å². The summed E-state index contributed by atoms with van der Waals surface area (Å²) in [5.41, 5.74) is 0.217. The van der Waals surface area contributed by atoms with Crippen LogP contribution in [0.2, 0.25) is 0 Å². The van der Waals surface area contributed by atoms with E-state index in [2.05, 4.69) is 17.2 Å². The van der Waals surface area contributed by atoms with Gasteiger partial charge in [0.15, 0.2) is 5.17 Å².